The van der Waals surface area contributed by atoms with Crippen molar-refractivity contribution in [3.63, 3.8) is 0 Å². The van der Waals surface area contributed by atoms with Crippen LogP contribution >= 0.6 is 0 Å². The van der Waals surface area contributed by atoms with Gasteiger partial charge in [-0.2, -0.15) is 5.10 Å². The van der Waals surface area contributed by atoms with Crippen molar-refractivity contribution < 1.29 is 13.3 Å². The van der Waals surface area contributed by atoms with Crippen LogP contribution in [0.5, 0.6) is 0 Å². The van der Waals surface area contributed by atoms with Crippen molar-refractivity contribution in [2.24, 2.45) is 5.92 Å². The van der Waals surface area contributed by atoms with E-state index in [-0.39, 0.29) is 28.9 Å². The predicted octanol–water partition coefficient (Wildman–Crippen LogP) is 3.11. The molecular weight excluding hydrogens is 420 g/mol. The highest BCUT2D eigenvalue weighted by atomic mass is 32.2. The molecule has 31 heavy (non-hydrogen) atoms. The molecule has 164 valence electrons. The maximum Gasteiger partial charge on any atom is 0.293 e. The van der Waals surface area contributed by atoms with Gasteiger partial charge in [0.2, 0.25) is 10.0 Å². The van der Waals surface area contributed by atoms with E-state index in [1.54, 1.807) is 29.0 Å². The second kappa shape index (κ2) is 8.60. The normalized spacial score (nSPS) is 19.4. The smallest absolute Gasteiger partial charge is 0.293 e. The number of nitrogens with one attached hydrogen (secondary N) is 2. The van der Waals surface area contributed by atoms with Gasteiger partial charge < -0.3 is 5.32 Å². The molecule has 0 saturated heterocycles. The number of fused-ring (bicyclic) bond motifs is 1. The maximum atomic E-state index is 12.8. The number of hydrogen-bond donors (Lipinski definition) is 2. The van der Waals surface area contributed by atoms with Crippen LogP contribution in [-0.2, 0) is 16.6 Å². The molecule has 0 atom stereocenters. The highest BCUT2D eigenvalue weighted by Gasteiger charge is 2.26. The highest BCUT2D eigenvalue weighted by molar-refractivity contribution is 7.89. The summed E-state index contributed by atoms with van der Waals surface area (Å²) in [5.41, 5.74) is 1.35. The summed E-state index contributed by atoms with van der Waals surface area (Å²) in [6.45, 7) is 2.41. The number of nitro benzene ring substituents is 1. The molecule has 0 amide bonds. The molecule has 2 aromatic heterocycles. The van der Waals surface area contributed by atoms with Crippen LogP contribution in [0.25, 0.3) is 5.65 Å². The third-order valence-corrected chi connectivity index (χ3v) is 7.16. The third kappa shape index (κ3) is 4.67. The lowest BCUT2D eigenvalue weighted by Gasteiger charge is -2.26. The van der Waals surface area contributed by atoms with Crippen LogP contribution in [0.4, 0.5) is 11.4 Å². The van der Waals surface area contributed by atoms with Gasteiger partial charge in [0.1, 0.15) is 5.69 Å². The number of hydrogen-bond acceptors (Lipinski definition) is 7. The maximum absolute atomic E-state index is 12.8. The summed E-state index contributed by atoms with van der Waals surface area (Å²) in [6, 6.07) is 7.29. The van der Waals surface area contributed by atoms with Gasteiger partial charge in [-0.1, -0.05) is 6.92 Å². The predicted molar refractivity (Wildman–Crippen MR) is 115 cm³/mol. The monoisotopic (exact) mass is 444 g/mol. The Morgan fingerprint density at radius 3 is 2.68 bits per heavy atom. The first-order valence-corrected chi connectivity index (χ1v) is 11.6. The molecule has 1 aromatic carbocycles. The number of benzene rings is 1. The summed E-state index contributed by atoms with van der Waals surface area (Å²) in [5, 5.41) is 18.8. The van der Waals surface area contributed by atoms with Crippen molar-refractivity contribution in [3.8, 4) is 0 Å². The molecule has 11 heteroatoms. The van der Waals surface area contributed by atoms with Crippen LogP contribution in [0.2, 0.25) is 0 Å². The molecule has 1 fully saturated rings. The summed E-state index contributed by atoms with van der Waals surface area (Å²) in [5.74, 6) is 0.593. The van der Waals surface area contributed by atoms with Gasteiger partial charge in [0.05, 0.1) is 28.3 Å². The first-order valence-electron chi connectivity index (χ1n) is 10.2. The average Bonchev–Trinajstić information content (AvgIpc) is 3.23. The van der Waals surface area contributed by atoms with Crippen LogP contribution in [-0.4, -0.2) is 34.0 Å². The van der Waals surface area contributed by atoms with Gasteiger partial charge in [0, 0.05) is 24.4 Å². The number of sulfonamides is 1. The molecule has 0 bridgehead atoms. The molecule has 2 N–H and O–H groups in total. The van der Waals surface area contributed by atoms with Crippen molar-refractivity contribution in [2.45, 2.75) is 50.1 Å². The fourth-order valence-corrected chi connectivity index (χ4v) is 5.17. The average molecular weight is 445 g/mol. The lowest BCUT2D eigenvalue weighted by molar-refractivity contribution is -0.384. The molecule has 1 aliphatic carbocycles. The standard InChI is InChI=1S/C20H24N6O4S/c1-14-2-4-15(5-3-14)24-31(29,30)17-6-7-18(19(12-17)26(27)28)22-13-16-8-10-21-20-9-11-23-25(16)20/h6-12,14-15,22,24H,2-5,13H2,1H3. The molecule has 3 aromatic rings. The topological polar surface area (TPSA) is 132 Å². The molecule has 1 aliphatic rings. The summed E-state index contributed by atoms with van der Waals surface area (Å²) < 4.78 is 29.9. The van der Waals surface area contributed by atoms with Crippen molar-refractivity contribution in [1.82, 2.24) is 19.3 Å². The lowest BCUT2D eigenvalue weighted by atomic mass is 9.88. The van der Waals surface area contributed by atoms with Gasteiger partial charge in [0.15, 0.2) is 5.65 Å². The molecule has 0 unspecified atom stereocenters. The first kappa shape index (κ1) is 21.2. The van der Waals surface area contributed by atoms with E-state index in [0.29, 0.717) is 11.6 Å². The minimum atomic E-state index is -3.84. The minimum Gasteiger partial charge on any atom is -0.374 e. The van der Waals surface area contributed by atoms with E-state index in [1.165, 1.54) is 12.1 Å². The van der Waals surface area contributed by atoms with E-state index in [1.807, 2.05) is 0 Å². The van der Waals surface area contributed by atoms with Gasteiger partial charge in [-0.25, -0.2) is 22.6 Å². The molecule has 0 spiro atoms. The highest BCUT2D eigenvalue weighted by Crippen LogP contribution is 2.29. The second-order valence-corrected chi connectivity index (χ2v) is 9.62. The van der Waals surface area contributed by atoms with Crippen LogP contribution in [0.1, 0.15) is 38.3 Å². The van der Waals surface area contributed by atoms with E-state index < -0.39 is 14.9 Å². The Balaban J connectivity index is 1.53. The third-order valence-electron chi connectivity index (χ3n) is 5.64. The van der Waals surface area contributed by atoms with Gasteiger partial charge in [-0.15, -0.1) is 0 Å². The van der Waals surface area contributed by atoms with Crippen molar-refractivity contribution in [1.29, 1.82) is 0 Å². The molecule has 0 aliphatic heterocycles. The molecule has 0 radical (unpaired) electrons. The second-order valence-electron chi connectivity index (χ2n) is 7.91. The zero-order chi connectivity index (χ0) is 22.0. The van der Waals surface area contributed by atoms with Gasteiger partial charge in [0.25, 0.3) is 5.69 Å². The Morgan fingerprint density at radius 1 is 1.16 bits per heavy atom. The Morgan fingerprint density at radius 2 is 1.94 bits per heavy atom. The van der Waals surface area contributed by atoms with Crippen molar-refractivity contribution >= 4 is 27.0 Å². The quantitative estimate of drug-likeness (QED) is 0.423. The summed E-state index contributed by atoms with van der Waals surface area (Å²) in [6.07, 6.45) is 6.74. The molecule has 2 heterocycles. The van der Waals surface area contributed by atoms with E-state index in [2.05, 4.69) is 27.0 Å². The zero-order valence-electron chi connectivity index (χ0n) is 17.1. The van der Waals surface area contributed by atoms with Crippen molar-refractivity contribution in [2.75, 3.05) is 5.32 Å². The van der Waals surface area contributed by atoms with E-state index in [4.69, 9.17) is 0 Å². The molecule has 10 nitrogen and oxygen atoms in total. The fraction of sp³-hybridized carbons (Fsp3) is 0.400. The van der Waals surface area contributed by atoms with E-state index in [0.717, 1.165) is 37.4 Å². The first-order chi connectivity index (χ1) is 14.8. The van der Waals surface area contributed by atoms with Gasteiger partial charge in [-0.3, -0.25) is 10.1 Å². The summed E-state index contributed by atoms with van der Waals surface area (Å²) in [7, 11) is -3.84. The van der Waals surface area contributed by atoms with Crippen LogP contribution in [0.15, 0.2) is 47.6 Å². The number of rotatable bonds is 7. The molecular formula is C20H24N6O4S. The summed E-state index contributed by atoms with van der Waals surface area (Å²) in [4.78, 5) is 15.1. The number of nitrogens with zero attached hydrogens (tertiary/aromatic N) is 4. The van der Waals surface area contributed by atoms with E-state index >= 15 is 0 Å². The Labute approximate surface area is 179 Å². The Kier molecular flexibility index (Phi) is 5.88. The van der Waals surface area contributed by atoms with Crippen LogP contribution < -0.4 is 10.0 Å². The molecule has 1 saturated carbocycles. The Hall–Kier alpha value is -3.05. The minimum absolute atomic E-state index is 0.109. The Bertz CT molecular complexity index is 1200. The largest absolute Gasteiger partial charge is 0.374 e. The zero-order valence-corrected chi connectivity index (χ0v) is 17.9. The molecule has 4 rings (SSSR count). The summed E-state index contributed by atoms with van der Waals surface area (Å²) >= 11 is 0. The van der Waals surface area contributed by atoms with Gasteiger partial charge in [-0.05, 0) is 49.8 Å². The van der Waals surface area contributed by atoms with Crippen molar-refractivity contribution in [3.05, 3.63) is 58.5 Å². The van der Waals surface area contributed by atoms with Gasteiger partial charge >= 0.3 is 0 Å². The lowest BCUT2D eigenvalue weighted by Crippen LogP contribution is -2.37. The number of aromatic nitrogens is 3. The number of anilines is 1. The fourth-order valence-electron chi connectivity index (χ4n) is 3.85. The van der Waals surface area contributed by atoms with Crippen LogP contribution in [0.3, 0.4) is 0 Å². The number of nitro groups is 1. The SMILES string of the molecule is CC1CCC(NS(=O)(=O)c2ccc(NCc3ccnc4ccnn34)c([N+](=O)[O-])c2)CC1. The van der Waals surface area contributed by atoms with E-state index in [9.17, 15) is 18.5 Å². The van der Waals surface area contributed by atoms with Crippen LogP contribution in [0, 0.1) is 16.0 Å².